The van der Waals surface area contributed by atoms with Gasteiger partial charge in [-0.25, -0.2) is 13.6 Å². The minimum absolute atomic E-state index is 0.0932. The van der Waals surface area contributed by atoms with Crippen LogP contribution in [-0.4, -0.2) is 27.8 Å². The highest BCUT2D eigenvalue weighted by Gasteiger charge is 2.21. The Balaban J connectivity index is 2.74. The zero-order chi connectivity index (χ0) is 14.9. The molecule has 1 aromatic heterocycles. The van der Waals surface area contributed by atoms with Gasteiger partial charge in [-0.2, -0.15) is 0 Å². The number of carbonyl (C=O) groups is 1. The van der Waals surface area contributed by atoms with Crippen molar-refractivity contribution >= 4 is 16.9 Å². The Hall–Kier alpha value is -2.28. The van der Waals surface area contributed by atoms with E-state index in [4.69, 9.17) is 9.84 Å². The number of nitrogens with zero attached hydrogens (tertiary/aromatic N) is 1. The molecule has 0 radical (unpaired) electrons. The third-order valence-corrected chi connectivity index (χ3v) is 2.77. The number of halogens is 2. The van der Waals surface area contributed by atoms with Crippen LogP contribution in [0.5, 0.6) is 5.75 Å². The molecule has 0 atom stereocenters. The van der Waals surface area contributed by atoms with E-state index < -0.39 is 30.0 Å². The van der Waals surface area contributed by atoms with E-state index in [0.29, 0.717) is 0 Å². The molecule has 1 heterocycles. The van der Waals surface area contributed by atoms with Crippen molar-refractivity contribution in [3.8, 4) is 5.75 Å². The Morgan fingerprint density at radius 1 is 1.45 bits per heavy atom. The van der Waals surface area contributed by atoms with Gasteiger partial charge in [0, 0.05) is 17.1 Å². The van der Waals surface area contributed by atoms with E-state index in [1.54, 1.807) is 6.92 Å². The summed E-state index contributed by atoms with van der Waals surface area (Å²) in [4.78, 5) is 15.4. The lowest BCUT2D eigenvalue weighted by Crippen LogP contribution is -2.07. The van der Waals surface area contributed by atoms with Gasteiger partial charge in [-0.15, -0.1) is 0 Å². The molecule has 0 amide bonds. The quantitative estimate of drug-likeness (QED) is 0.841. The Morgan fingerprint density at radius 3 is 2.75 bits per heavy atom. The summed E-state index contributed by atoms with van der Waals surface area (Å²) in [5, 5.41) is 18.9. The maximum Gasteiger partial charge on any atom is 0.343 e. The minimum atomic E-state index is -1.25. The molecule has 2 rings (SSSR count). The largest absolute Gasteiger partial charge is 0.506 e. The van der Waals surface area contributed by atoms with Crippen molar-refractivity contribution in [2.75, 3.05) is 6.61 Å². The van der Waals surface area contributed by atoms with Crippen molar-refractivity contribution in [1.82, 2.24) is 4.98 Å². The SMILES string of the molecule is CCOC(=O)c1cnc2c(CO)c(F)c(F)cc2c1O. The predicted molar refractivity (Wildman–Crippen MR) is 65.2 cm³/mol. The molecule has 0 aliphatic carbocycles. The highest BCUT2D eigenvalue weighted by atomic mass is 19.2. The van der Waals surface area contributed by atoms with E-state index in [2.05, 4.69) is 4.98 Å². The minimum Gasteiger partial charge on any atom is -0.506 e. The van der Waals surface area contributed by atoms with Crippen LogP contribution >= 0.6 is 0 Å². The monoisotopic (exact) mass is 283 g/mol. The zero-order valence-electron chi connectivity index (χ0n) is 10.5. The Labute approximate surface area is 112 Å². The molecule has 0 fully saturated rings. The maximum absolute atomic E-state index is 13.5. The number of aromatic hydroxyl groups is 1. The summed E-state index contributed by atoms with van der Waals surface area (Å²) in [6, 6.07) is 0.717. The first-order chi connectivity index (χ1) is 9.51. The third-order valence-electron chi connectivity index (χ3n) is 2.77. The molecule has 0 saturated carbocycles. The Morgan fingerprint density at radius 2 is 2.15 bits per heavy atom. The number of carbonyl (C=O) groups excluding carboxylic acids is 1. The summed E-state index contributed by atoms with van der Waals surface area (Å²) in [6.45, 7) is 0.892. The second-order valence-electron chi connectivity index (χ2n) is 3.95. The molecule has 7 heteroatoms. The summed E-state index contributed by atoms with van der Waals surface area (Å²) < 4.78 is 31.6. The summed E-state index contributed by atoms with van der Waals surface area (Å²) >= 11 is 0. The van der Waals surface area contributed by atoms with Crippen molar-refractivity contribution < 1.29 is 28.5 Å². The molecular formula is C13H11F2NO4. The van der Waals surface area contributed by atoms with Crippen LogP contribution in [0.25, 0.3) is 10.9 Å². The van der Waals surface area contributed by atoms with E-state index in [-0.39, 0.29) is 28.6 Å². The molecule has 1 aromatic carbocycles. The van der Waals surface area contributed by atoms with Crippen LogP contribution < -0.4 is 0 Å². The molecule has 0 bridgehead atoms. The predicted octanol–water partition coefficient (Wildman–Crippen LogP) is 1.89. The number of pyridine rings is 1. The van der Waals surface area contributed by atoms with Gasteiger partial charge in [-0.1, -0.05) is 0 Å². The van der Waals surface area contributed by atoms with Gasteiger partial charge < -0.3 is 14.9 Å². The number of benzene rings is 1. The second-order valence-corrected chi connectivity index (χ2v) is 3.95. The van der Waals surface area contributed by atoms with E-state index in [9.17, 15) is 18.7 Å². The van der Waals surface area contributed by atoms with Crippen molar-refractivity contribution in [2.45, 2.75) is 13.5 Å². The third kappa shape index (κ3) is 2.16. The number of ether oxygens (including phenoxy) is 1. The summed E-state index contributed by atoms with van der Waals surface area (Å²) in [5.74, 6) is -3.88. The lowest BCUT2D eigenvalue weighted by atomic mass is 10.1. The van der Waals surface area contributed by atoms with Crippen LogP contribution in [0.1, 0.15) is 22.8 Å². The van der Waals surface area contributed by atoms with Crippen molar-refractivity contribution in [3.63, 3.8) is 0 Å². The van der Waals surface area contributed by atoms with Crippen LogP contribution in [0.15, 0.2) is 12.3 Å². The molecular weight excluding hydrogens is 272 g/mol. The number of hydrogen-bond donors (Lipinski definition) is 2. The van der Waals surface area contributed by atoms with Gasteiger partial charge in [0.25, 0.3) is 0 Å². The molecule has 0 unspecified atom stereocenters. The Kier molecular flexibility index (Phi) is 3.80. The molecule has 106 valence electrons. The van der Waals surface area contributed by atoms with Crippen LogP contribution in [0, 0.1) is 11.6 Å². The number of esters is 1. The van der Waals surface area contributed by atoms with E-state index in [1.165, 1.54) is 0 Å². The maximum atomic E-state index is 13.5. The van der Waals surface area contributed by atoms with E-state index in [1.807, 2.05) is 0 Å². The van der Waals surface area contributed by atoms with Crippen LogP contribution in [0.4, 0.5) is 8.78 Å². The van der Waals surface area contributed by atoms with Crippen molar-refractivity contribution in [2.24, 2.45) is 0 Å². The molecule has 0 saturated heterocycles. The van der Waals surface area contributed by atoms with Crippen LogP contribution in [0.3, 0.4) is 0 Å². The van der Waals surface area contributed by atoms with E-state index >= 15 is 0 Å². The molecule has 20 heavy (non-hydrogen) atoms. The van der Waals surface area contributed by atoms with Gasteiger partial charge in [0.1, 0.15) is 11.3 Å². The number of hydrogen-bond acceptors (Lipinski definition) is 5. The number of aliphatic hydroxyl groups is 1. The summed E-state index contributed by atoms with van der Waals surface area (Å²) in [6.07, 6.45) is 0.992. The zero-order valence-corrected chi connectivity index (χ0v) is 10.5. The number of aromatic nitrogens is 1. The Bertz CT molecular complexity index is 688. The van der Waals surface area contributed by atoms with Gasteiger partial charge in [0.2, 0.25) is 0 Å². The molecule has 0 aliphatic rings. The molecule has 2 N–H and O–H groups in total. The standard InChI is InChI=1S/C13H11F2NO4/c1-2-20-13(19)7-4-16-11-6(12(7)18)3-9(14)10(15)8(11)5-17/h3-4,17H,2,5H2,1H3,(H,16,18). The van der Waals surface area contributed by atoms with Gasteiger partial charge >= 0.3 is 5.97 Å². The first-order valence-corrected chi connectivity index (χ1v) is 5.77. The lowest BCUT2D eigenvalue weighted by Gasteiger charge is -2.10. The fourth-order valence-electron chi connectivity index (χ4n) is 1.83. The number of fused-ring (bicyclic) bond motifs is 1. The average molecular weight is 283 g/mol. The van der Waals surface area contributed by atoms with Crippen molar-refractivity contribution in [1.29, 1.82) is 0 Å². The van der Waals surface area contributed by atoms with Gasteiger partial charge in [-0.3, -0.25) is 4.98 Å². The highest BCUT2D eigenvalue weighted by Crippen LogP contribution is 2.32. The number of aliphatic hydroxyl groups excluding tert-OH is 1. The molecule has 5 nitrogen and oxygen atoms in total. The summed E-state index contributed by atoms with van der Waals surface area (Å²) in [5.41, 5.74) is -0.753. The first kappa shape index (κ1) is 14.1. The fraction of sp³-hybridized carbons (Fsp3) is 0.231. The normalized spacial score (nSPS) is 10.8. The first-order valence-electron chi connectivity index (χ1n) is 5.77. The number of rotatable bonds is 3. The van der Waals surface area contributed by atoms with E-state index in [0.717, 1.165) is 12.3 Å². The molecule has 0 spiro atoms. The van der Waals surface area contributed by atoms with Crippen LogP contribution in [-0.2, 0) is 11.3 Å². The fourth-order valence-corrected chi connectivity index (χ4v) is 1.83. The molecule has 2 aromatic rings. The molecule has 0 aliphatic heterocycles. The van der Waals surface area contributed by atoms with Crippen LogP contribution in [0.2, 0.25) is 0 Å². The van der Waals surface area contributed by atoms with Crippen molar-refractivity contribution in [3.05, 3.63) is 35.0 Å². The topological polar surface area (TPSA) is 79.7 Å². The average Bonchev–Trinajstić information content (AvgIpc) is 2.42. The van der Waals surface area contributed by atoms with Gasteiger partial charge in [0.05, 0.1) is 18.7 Å². The van der Waals surface area contributed by atoms with Gasteiger partial charge in [0.15, 0.2) is 11.6 Å². The second kappa shape index (κ2) is 5.38. The lowest BCUT2D eigenvalue weighted by molar-refractivity contribution is 0.0523. The summed E-state index contributed by atoms with van der Waals surface area (Å²) in [7, 11) is 0. The smallest absolute Gasteiger partial charge is 0.343 e. The van der Waals surface area contributed by atoms with Gasteiger partial charge in [-0.05, 0) is 13.0 Å². The highest BCUT2D eigenvalue weighted by molar-refractivity contribution is 6.00.